The second-order valence-corrected chi connectivity index (χ2v) is 7.90. The van der Waals surface area contributed by atoms with Gasteiger partial charge in [-0.05, 0) is 54.6 Å². The Labute approximate surface area is 203 Å². The second kappa shape index (κ2) is 9.54. The summed E-state index contributed by atoms with van der Waals surface area (Å²) in [5.74, 6) is -2.34. The summed E-state index contributed by atoms with van der Waals surface area (Å²) in [6, 6.07) is 16.3. The van der Waals surface area contributed by atoms with Crippen molar-refractivity contribution < 1.29 is 23.5 Å². The Balaban J connectivity index is 1.50. The number of imide groups is 1. The maximum atomic E-state index is 14.1. The van der Waals surface area contributed by atoms with Crippen LogP contribution in [0.1, 0.15) is 10.4 Å². The summed E-state index contributed by atoms with van der Waals surface area (Å²) < 4.78 is 19.4. The van der Waals surface area contributed by atoms with Crippen LogP contribution in [0.3, 0.4) is 0 Å². The Morgan fingerprint density at radius 3 is 2.35 bits per heavy atom. The first-order chi connectivity index (χ1) is 16.3. The monoisotopic (exact) mass is 499 g/mol. The summed E-state index contributed by atoms with van der Waals surface area (Å²) in [6.07, 6.45) is 0. The number of hydrogen-bond acceptors (Lipinski definition) is 5. The number of carbonyl (C=O) groups is 3. The molecule has 3 aromatic carbocycles. The van der Waals surface area contributed by atoms with Crippen molar-refractivity contribution in [3.05, 3.63) is 93.9 Å². The molecule has 4 rings (SSSR count). The zero-order valence-electron chi connectivity index (χ0n) is 17.6. The van der Waals surface area contributed by atoms with Gasteiger partial charge in [-0.3, -0.25) is 14.4 Å². The number of para-hydroxylation sites is 1. The second-order valence-electron chi connectivity index (χ2n) is 7.09. The minimum Gasteiger partial charge on any atom is -0.495 e. The molecule has 0 fully saturated rings. The number of halogens is 3. The van der Waals surface area contributed by atoms with E-state index in [1.54, 1.807) is 18.2 Å². The quantitative estimate of drug-likeness (QED) is 0.456. The SMILES string of the molecule is COc1ccc(Cl)cc1NC(=O)c1ccc(NC2=C(Cl)C(=O)N(c3ccccc3F)C2=O)cc1. The van der Waals surface area contributed by atoms with Gasteiger partial charge in [0.1, 0.15) is 22.3 Å². The lowest BCUT2D eigenvalue weighted by Crippen LogP contribution is -2.33. The van der Waals surface area contributed by atoms with Gasteiger partial charge in [0.15, 0.2) is 0 Å². The number of rotatable bonds is 6. The summed E-state index contributed by atoms with van der Waals surface area (Å²) in [7, 11) is 1.47. The third kappa shape index (κ3) is 4.46. The van der Waals surface area contributed by atoms with Crippen LogP contribution in [-0.2, 0) is 9.59 Å². The van der Waals surface area contributed by atoms with Gasteiger partial charge in [0.2, 0.25) is 0 Å². The molecule has 7 nitrogen and oxygen atoms in total. The van der Waals surface area contributed by atoms with E-state index in [1.807, 2.05) is 0 Å². The predicted molar refractivity (Wildman–Crippen MR) is 128 cm³/mol. The van der Waals surface area contributed by atoms with Crippen LogP contribution < -0.4 is 20.3 Å². The molecule has 0 aromatic heterocycles. The van der Waals surface area contributed by atoms with Crippen molar-refractivity contribution in [1.29, 1.82) is 0 Å². The van der Waals surface area contributed by atoms with Gasteiger partial charge in [-0.15, -0.1) is 0 Å². The highest BCUT2D eigenvalue weighted by Crippen LogP contribution is 2.32. The molecule has 34 heavy (non-hydrogen) atoms. The van der Waals surface area contributed by atoms with Crippen LogP contribution in [-0.4, -0.2) is 24.8 Å². The highest BCUT2D eigenvalue weighted by atomic mass is 35.5. The fourth-order valence-corrected chi connectivity index (χ4v) is 3.67. The van der Waals surface area contributed by atoms with E-state index < -0.39 is 23.5 Å². The molecule has 0 bridgehead atoms. The van der Waals surface area contributed by atoms with Crippen LogP contribution in [0.25, 0.3) is 0 Å². The molecule has 3 amide bonds. The van der Waals surface area contributed by atoms with Gasteiger partial charge >= 0.3 is 0 Å². The summed E-state index contributed by atoms with van der Waals surface area (Å²) in [5.41, 5.74) is 0.713. The number of methoxy groups -OCH3 is 1. The number of hydrogen-bond donors (Lipinski definition) is 2. The summed E-state index contributed by atoms with van der Waals surface area (Å²) in [5, 5.41) is 5.56. The van der Waals surface area contributed by atoms with Crippen LogP contribution in [0.5, 0.6) is 5.75 Å². The van der Waals surface area contributed by atoms with E-state index in [-0.39, 0.29) is 16.4 Å². The smallest absolute Gasteiger partial charge is 0.283 e. The van der Waals surface area contributed by atoms with Gasteiger partial charge in [-0.1, -0.05) is 35.3 Å². The fraction of sp³-hybridized carbons (Fsp3) is 0.0417. The Kier molecular flexibility index (Phi) is 6.54. The lowest BCUT2D eigenvalue weighted by molar-refractivity contribution is -0.120. The number of benzene rings is 3. The third-order valence-electron chi connectivity index (χ3n) is 4.95. The number of ether oxygens (including phenoxy) is 1. The maximum Gasteiger partial charge on any atom is 0.283 e. The van der Waals surface area contributed by atoms with Crippen LogP contribution in [0.15, 0.2) is 77.5 Å². The van der Waals surface area contributed by atoms with E-state index in [2.05, 4.69) is 10.6 Å². The van der Waals surface area contributed by atoms with E-state index in [9.17, 15) is 18.8 Å². The molecule has 1 aliphatic rings. The highest BCUT2D eigenvalue weighted by molar-refractivity contribution is 6.53. The first kappa shape index (κ1) is 23.3. The Bertz CT molecular complexity index is 1340. The van der Waals surface area contributed by atoms with Gasteiger partial charge in [0.05, 0.1) is 18.5 Å². The summed E-state index contributed by atoms with van der Waals surface area (Å²) in [6.45, 7) is 0. The van der Waals surface area contributed by atoms with Crippen LogP contribution >= 0.6 is 23.2 Å². The Morgan fingerprint density at radius 1 is 0.971 bits per heavy atom. The molecular formula is C24H16Cl2FN3O4. The molecular weight excluding hydrogens is 484 g/mol. The van der Waals surface area contributed by atoms with Gasteiger partial charge in [-0.2, -0.15) is 0 Å². The molecule has 10 heteroatoms. The summed E-state index contributed by atoms with van der Waals surface area (Å²) >= 11 is 12.1. The lowest BCUT2D eigenvalue weighted by atomic mass is 10.1. The van der Waals surface area contributed by atoms with Crippen molar-refractivity contribution >= 4 is 58.0 Å². The largest absolute Gasteiger partial charge is 0.495 e. The molecule has 0 spiro atoms. The number of carbonyl (C=O) groups excluding carboxylic acids is 3. The average molecular weight is 500 g/mol. The molecule has 172 valence electrons. The van der Waals surface area contributed by atoms with E-state index in [4.69, 9.17) is 27.9 Å². The van der Waals surface area contributed by atoms with Crippen LogP contribution in [0, 0.1) is 5.82 Å². The van der Waals surface area contributed by atoms with Crippen molar-refractivity contribution in [2.75, 3.05) is 22.6 Å². The molecule has 3 aromatic rings. The Morgan fingerprint density at radius 2 is 1.68 bits per heavy atom. The lowest BCUT2D eigenvalue weighted by Gasteiger charge is -2.15. The minimum atomic E-state index is -0.842. The molecule has 2 N–H and O–H groups in total. The van der Waals surface area contributed by atoms with Crippen LogP contribution in [0.2, 0.25) is 5.02 Å². The van der Waals surface area contributed by atoms with E-state index in [0.29, 0.717) is 32.6 Å². The third-order valence-corrected chi connectivity index (χ3v) is 5.53. The molecule has 0 aliphatic carbocycles. The topological polar surface area (TPSA) is 87.7 Å². The molecule has 0 radical (unpaired) electrons. The van der Waals surface area contributed by atoms with Gasteiger partial charge in [-0.25, -0.2) is 9.29 Å². The van der Waals surface area contributed by atoms with Crippen molar-refractivity contribution in [3.63, 3.8) is 0 Å². The maximum absolute atomic E-state index is 14.1. The number of nitrogens with one attached hydrogen (secondary N) is 2. The van der Waals surface area contributed by atoms with Gasteiger partial charge in [0, 0.05) is 16.3 Å². The van der Waals surface area contributed by atoms with Crippen molar-refractivity contribution in [2.45, 2.75) is 0 Å². The average Bonchev–Trinajstić information content (AvgIpc) is 3.03. The molecule has 0 unspecified atom stereocenters. The normalized spacial score (nSPS) is 13.4. The van der Waals surface area contributed by atoms with E-state index in [1.165, 1.54) is 49.6 Å². The zero-order valence-corrected chi connectivity index (χ0v) is 19.1. The van der Waals surface area contributed by atoms with Gasteiger partial charge < -0.3 is 15.4 Å². The van der Waals surface area contributed by atoms with Crippen molar-refractivity contribution in [1.82, 2.24) is 0 Å². The molecule has 0 saturated heterocycles. The first-order valence-electron chi connectivity index (χ1n) is 9.85. The highest BCUT2D eigenvalue weighted by Gasteiger charge is 2.40. The summed E-state index contributed by atoms with van der Waals surface area (Å²) in [4.78, 5) is 38.6. The standard InChI is InChI=1S/C24H16Cl2FN3O4/c1-34-19-11-8-14(25)12-17(19)29-22(31)13-6-9-15(10-7-13)28-21-20(26)23(32)30(24(21)33)18-5-3-2-4-16(18)27/h2-12,28H,1H3,(H,29,31). The Hall–Kier alpha value is -3.88. The molecule has 0 atom stereocenters. The predicted octanol–water partition coefficient (Wildman–Crippen LogP) is 5.18. The van der Waals surface area contributed by atoms with Crippen molar-refractivity contribution in [2.24, 2.45) is 0 Å². The van der Waals surface area contributed by atoms with E-state index in [0.717, 1.165) is 6.07 Å². The first-order valence-corrected chi connectivity index (χ1v) is 10.6. The van der Waals surface area contributed by atoms with Crippen molar-refractivity contribution in [3.8, 4) is 5.75 Å². The molecule has 0 saturated carbocycles. The molecule has 1 heterocycles. The van der Waals surface area contributed by atoms with Gasteiger partial charge in [0.25, 0.3) is 17.7 Å². The molecule has 1 aliphatic heterocycles. The number of nitrogens with zero attached hydrogens (tertiary/aromatic N) is 1. The van der Waals surface area contributed by atoms with E-state index >= 15 is 0 Å². The minimum absolute atomic E-state index is 0.198. The van der Waals surface area contributed by atoms with Crippen LogP contribution in [0.4, 0.5) is 21.5 Å². The fourth-order valence-electron chi connectivity index (χ4n) is 3.28. The number of amides is 3. The zero-order chi connectivity index (χ0) is 24.4. The number of anilines is 3.